The van der Waals surface area contributed by atoms with Crippen LogP contribution < -0.4 is 24.4 Å². The summed E-state index contributed by atoms with van der Waals surface area (Å²) in [6.07, 6.45) is 3.71. The van der Waals surface area contributed by atoms with Gasteiger partial charge in [-0.25, -0.2) is 9.69 Å². The monoisotopic (exact) mass is 512 g/mol. The van der Waals surface area contributed by atoms with Crippen molar-refractivity contribution in [3.8, 4) is 17.2 Å². The Bertz CT molecular complexity index is 1380. The van der Waals surface area contributed by atoms with Crippen LogP contribution in [-0.2, 0) is 22.6 Å². The molecule has 0 aliphatic carbocycles. The summed E-state index contributed by atoms with van der Waals surface area (Å²) in [5.41, 5.74) is 2.38. The molecule has 1 aliphatic rings. The van der Waals surface area contributed by atoms with Crippen LogP contribution in [0.2, 0.25) is 0 Å². The second-order valence-electron chi connectivity index (χ2n) is 8.34. The van der Waals surface area contributed by atoms with Gasteiger partial charge in [-0.05, 0) is 73.0 Å². The van der Waals surface area contributed by atoms with E-state index in [1.807, 2.05) is 43.3 Å². The molecule has 4 amide bonds. The van der Waals surface area contributed by atoms with Gasteiger partial charge in [-0.3, -0.25) is 14.9 Å². The van der Waals surface area contributed by atoms with E-state index < -0.39 is 17.8 Å². The molecule has 38 heavy (non-hydrogen) atoms. The number of ether oxygens (including phenoxy) is 3. The Labute approximate surface area is 221 Å². The van der Waals surface area contributed by atoms with Crippen LogP contribution in [-0.4, -0.2) is 31.6 Å². The van der Waals surface area contributed by atoms with Gasteiger partial charge in [0.2, 0.25) is 0 Å². The third-order valence-electron chi connectivity index (χ3n) is 5.85. The number of carbonyl (C=O) groups is 3. The van der Waals surface area contributed by atoms with E-state index in [2.05, 4.69) is 11.9 Å². The van der Waals surface area contributed by atoms with E-state index in [-0.39, 0.29) is 12.2 Å². The first-order chi connectivity index (χ1) is 18.4. The average molecular weight is 513 g/mol. The van der Waals surface area contributed by atoms with E-state index in [9.17, 15) is 14.4 Å². The molecular weight excluding hydrogens is 484 g/mol. The van der Waals surface area contributed by atoms with Gasteiger partial charge in [-0.2, -0.15) is 0 Å². The summed E-state index contributed by atoms with van der Waals surface area (Å²) in [6.45, 7) is 6.44. The molecule has 194 valence electrons. The molecule has 0 bridgehead atoms. The first kappa shape index (κ1) is 26.2. The van der Waals surface area contributed by atoms with Crippen molar-refractivity contribution in [2.75, 3.05) is 18.6 Å². The third-order valence-corrected chi connectivity index (χ3v) is 5.85. The smallest absolute Gasteiger partial charge is 0.335 e. The van der Waals surface area contributed by atoms with Crippen molar-refractivity contribution in [3.05, 3.63) is 102 Å². The molecule has 0 unspecified atom stereocenters. The Morgan fingerprint density at radius 1 is 0.947 bits per heavy atom. The van der Waals surface area contributed by atoms with Gasteiger partial charge >= 0.3 is 6.03 Å². The van der Waals surface area contributed by atoms with Gasteiger partial charge < -0.3 is 14.2 Å². The molecule has 1 aliphatic heterocycles. The number of carbonyl (C=O) groups excluding carboxylic acids is 3. The zero-order valence-electron chi connectivity index (χ0n) is 21.2. The highest BCUT2D eigenvalue weighted by Crippen LogP contribution is 2.30. The second kappa shape index (κ2) is 11.9. The number of para-hydroxylation sites is 1. The van der Waals surface area contributed by atoms with Crippen LogP contribution in [0.4, 0.5) is 10.5 Å². The molecule has 1 N–H and O–H groups in total. The number of rotatable bonds is 10. The summed E-state index contributed by atoms with van der Waals surface area (Å²) in [5, 5.41) is 2.25. The van der Waals surface area contributed by atoms with Crippen LogP contribution in [0.5, 0.6) is 17.2 Å². The lowest BCUT2D eigenvalue weighted by molar-refractivity contribution is -0.122. The van der Waals surface area contributed by atoms with E-state index in [0.29, 0.717) is 41.5 Å². The highest BCUT2D eigenvalue weighted by atomic mass is 16.5. The van der Waals surface area contributed by atoms with Crippen molar-refractivity contribution >= 4 is 29.6 Å². The van der Waals surface area contributed by atoms with E-state index in [1.54, 1.807) is 43.5 Å². The molecule has 8 nitrogen and oxygen atoms in total. The molecule has 0 atom stereocenters. The molecule has 1 saturated heterocycles. The third kappa shape index (κ3) is 5.75. The largest absolute Gasteiger partial charge is 0.496 e. The second-order valence-corrected chi connectivity index (χ2v) is 8.34. The highest BCUT2D eigenvalue weighted by molar-refractivity contribution is 6.39. The Kier molecular flexibility index (Phi) is 8.23. The summed E-state index contributed by atoms with van der Waals surface area (Å²) in [5.74, 6) is 0.349. The van der Waals surface area contributed by atoms with Gasteiger partial charge in [0.25, 0.3) is 11.8 Å². The summed E-state index contributed by atoms with van der Waals surface area (Å²) in [6, 6.07) is 18.6. The lowest BCUT2D eigenvalue weighted by Gasteiger charge is -2.26. The maximum absolute atomic E-state index is 13.3. The molecule has 0 radical (unpaired) electrons. The van der Waals surface area contributed by atoms with E-state index >= 15 is 0 Å². The molecule has 8 heteroatoms. The molecule has 4 rings (SSSR count). The van der Waals surface area contributed by atoms with Gasteiger partial charge in [-0.1, -0.05) is 30.3 Å². The summed E-state index contributed by atoms with van der Waals surface area (Å²) in [4.78, 5) is 39.5. The van der Waals surface area contributed by atoms with E-state index in [1.165, 1.54) is 6.08 Å². The number of anilines is 1. The van der Waals surface area contributed by atoms with Crippen LogP contribution in [0.15, 0.2) is 85.0 Å². The first-order valence-corrected chi connectivity index (χ1v) is 12.1. The average Bonchev–Trinajstić information content (AvgIpc) is 2.92. The molecular formula is C30H28N2O6. The predicted octanol–water partition coefficient (Wildman–Crippen LogP) is 5.07. The van der Waals surface area contributed by atoms with Crippen molar-refractivity contribution < 1.29 is 28.6 Å². The summed E-state index contributed by atoms with van der Waals surface area (Å²) >= 11 is 0. The van der Waals surface area contributed by atoms with Crippen LogP contribution in [0.3, 0.4) is 0 Å². The van der Waals surface area contributed by atoms with Crippen molar-refractivity contribution in [1.82, 2.24) is 5.32 Å². The topological polar surface area (TPSA) is 94.2 Å². The van der Waals surface area contributed by atoms with Gasteiger partial charge in [0, 0.05) is 5.56 Å². The molecule has 0 saturated carbocycles. The molecule has 1 heterocycles. The van der Waals surface area contributed by atoms with Crippen molar-refractivity contribution in [2.45, 2.75) is 20.0 Å². The summed E-state index contributed by atoms with van der Waals surface area (Å²) < 4.78 is 17.0. The minimum absolute atomic E-state index is 0.182. The normalized spacial score (nSPS) is 14.3. The number of hydrogen-bond acceptors (Lipinski definition) is 6. The lowest BCUT2D eigenvalue weighted by Crippen LogP contribution is -2.54. The number of methoxy groups -OCH3 is 1. The number of nitrogens with one attached hydrogen (secondary N) is 1. The minimum Gasteiger partial charge on any atom is -0.496 e. The lowest BCUT2D eigenvalue weighted by atomic mass is 9.98. The standard InChI is InChI=1S/C30H28N2O6/c1-4-9-21-16-20(18-27(36-3)26(21)19-38-23-10-7-6-8-11-23)17-25-28(33)31-30(35)32(29(25)34)22-12-14-24(15-13-22)37-5-2/h4,6-8,10-18H,1,5,9,19H2,2-3H3,(H,31,33,35). The Morgan fingerprint density at radius 2 is 1.66 bits per heavy atom. The number of hydrogen-bond donors (Lipinski definition) is 1. The van der Waals surface area contributed by atoms with Gasteiger partial charge in [0.15, 0.2) is 0 Å². The molecule has 0 aromatic heterocycles. The number of amides is 4. The Hall–Kier alpha value is -4.85. The first-order valence-electron chi connectivity index (χ1n) is 12.1. The minimum atomic E-state index is -0.820. The Balaban J connectivity index is 1.67. The van der Waals surface area contributed by atoms with E-state index in [0.717, 1.165) is 16.0 Å². The van der Waals surface area contributed by atoms with Crippen molar-refractivity contribution in [3.63, 3.8) is 0 Å². The fourth-order valence-electron chi connectivity index (χ4n) is 4.08. The van der Waals surface area contributed by atoms with Crippen molar-refractivity contribution in [2.24, 2.45) is 0 Å². The number of imide groups is 2. The number of allylic oxidation sites excluding steroid dienone is 1. The van der Waals surface area contributed by atoms with Crippen LogP contribution in [0.1, 0.15) is 23.6 Å². The number of urea groups is 1. The molecule has 0 spiro atoms. The van der Waals surface area contributed by atoms with Gasteiger partial charge in [0.1, 0.15) is 29.4 Å². The van der Waals surface area contributed by atoms with E-state index in [4.69, 9.17) is 14.2 Å². The quantitative estimate of drug-likeness (QED) is 0.232. The van der Waals surface area contributed by atoms with Crippen LogP contribution >= 0.6 is 0 Å². The zero-order valence-corrected chi connectivity index (χ0v) is 21.2. The molecule has 3 aromatic rings. The van der Waals surface area contributed by atoms with Gasteiger partial charge in [0.05, 0.1) is 19.4 Å². The number of benzene rings is 3. The molecule has 3 aromatic carbocycles. The van der Waals surface area contributed by atoms with Crippen molar-refractivity contribution in [1.29, 1.82) is 0 Å². The van der Waals surface area contributed by atoms with Crippen LogP contribution in [0.25, 0.3) is 6.08 Å². The summed E-state index contributed by atoms with van der Waals surface area (Å²) in [7, 11) is 1.54. The maximum Gasteiger partial charge on any atom is 0.335 e. The predicted molar refractivity (Wildman–Crippen MR) is 144 cm³/mol. The fourth-order valence-corrected chi connectivity index (χ4v) is 4.08. The Morgan fingerprint density at radius 3 is 2.32 bits per heavy atom. The number of nitrogens with zero attached hydrogens (tertiary/aromatic N) is 1. The zero-order chi connectivity index (χ0) is 27.1. The molecule has 1 fully saturated rings. The SMILES string of the molecule is C=CCc1cc(C=C2C(=O)NC(=O)N(c3ccc(OCC)cc3)C2=O)cc(OC)c1COc1ccccc1. The fraction of sp³-hybridized carbons (Fsp3) is 0.167. The highest BCUT2D eigenvalue weighted by Gasteiger charge is 2.36. The number of barbiturate groups is 1. The van der Waals surface area contributed by atoms with Gasteiger partial charge in [-0.15, -0.1) is 6.58 Å². The maximum atomic E-state index is 13.3. The van der Waals surface area contributed by atoms with Crippen LogP contribution in [0, 0.1) is 0 Å².